The lowest BCUT2D eigenvalue weighted by Gasteiger charge is -2.34. The third kappa shape index (κ3) is 4.31. The molecule has 0 atom stereocenters. The van der Waals surface area contributed by atoms with E-state index in [1.165, 1.54) is 33.5 Å². The second-order valence-corrected chi connectivity index (χ2v) is 10.2. The molecule has 0 aliphatic carbocycles. The van der Waals surface area contributed by atoms with Crippen LogP contribution in [-0.4, -0.2) is 63.9 Å². The van der Waals surface area contributed by atoms with Crippen molar-refractivity contribution in [2.24, 2.45) is 0 Å². The Kier molecular flexibility index (Phi) is 6.01. The molecule has 29 heavy (non-hydrogen) atoms. The Labute approximate surface area is 167 Å². The first-order valence-electron chi connectivity index (χ1n) is 8.60. The zero-order valence-electron chi connectivity index (χ0n) is 15.1. The highest BCUT2D eigenvalue weighted by Gasteiger charge is 2.31. The number of piperazine rings is 1. The van der Waals surface area contributed by atoms with Crippen molar-refractivity contribution in [2.75, 3.05) is 26.2 Å². The van der Waals surface area contributed by atoms with E-state index in [1.807, 2.05) is 0 Å². The largest absolute Gasteiger partial charge is 0.341 e. The van der Waals surface area contributed by atoms with Crippen molar-refractivity contribution in [3.8, 4) is 0 Å². The second kappa shape index (κ2) is 8.17. The number of halogens is 2. The predicted octanol–water partition coefficient (Wildman–Crippen LogP) is 1.83. The lowest BCUT2D eigenvalue weighted by Crippen LogP contribution is -2.50. The van der Waals surface area contributed by atoms with Crippen LogP contribution in [0.25, 0.3) is 0 Å². The van der Waals surface area contributed by atoms with Gasteiger partial charge in [-0.1, -0.05) is 18.2 Å². The maximum Gasteiger partial charge on any atom is 0.341 e. The van der Waals surface area contributed by atoms with Gasteiger partial charge in [0.25, 0.3) is 5.91 Å². The molecule has 1 aliphatic heterocycles. The molecule has 1 aliphatic rings. The standard InChI is InChI=1S/C18H18F2N2O5S2/c19-18(20)28(24,25)15-8-6-14(7-9-15)17(23)21-10-12-22(13-11-21)29(26,27)16-4-2-1-3-5-16/h1-9,18H,10-13H2. The van der Waals surface area contributed by atoms with Crippen LogP contribution in [0.3, 0.4) is 0 Å². The normalized spacial score (nSPS) is 16.2. The minimum Gasteiger partial charge on any atom is -0.336 e. The highest BCUT2D eigenvalue weighted by atomic mass is 32.2. The van der Waals surface area contributed by atoms with Crippen LogP contribution in [0.15, 0.2) is 64.4 Å². The third-order valence-corrected chi connectivity index (χ3v) is 7.88. The summed E-state index contributed by atoms with van der Waals surface area (Å²) >= 11 is 0. The van der Waals surface area contributed by atoms with Crippen molar-refractivity contribution < 1.29 is 30.4 Å². The smallest absolute Gasteiger partial charge is 0.336 e. The first-order valence-corrected chi connectivity index (χ1v) is 11.6. The summed E-state index contributed by atoms with van der Waals surface area (Å²) in [5, 5.41) is 0. The number of benzene rings is 2. The molecule has 0 saturated carbocycles. The van der Waals surface area contributed by atoms with Gasteiger partial charge in [0.05, 0.1) is 9.79 Å². The first-order chi connectivity index (χ1) is 13.6. The number of amides is 1. The van der Waals surface area contributed by atoms with E-state index in [-0.39, 0.29) is 36.6 Å². The number of carbonyl (C=O) groups excluding carboxylic acids is 1. The van der Waals surface area contributed by atoms with Gasteiger partial charge in [-0.05, 0) is 36.4 Å². The van der Waals surface area contributed by atoms with Gasteiger partial charge in [-0.2, -0.15) is 13.1 Å². The van der Waals surface area contributed by atoms with E-state index >= 15 is 0 Å². The maximum absolute atomic E-state index is 12.6. The molecule has 2 aromatic carbocycles. The molecule has 0 spiro atoms. The summed E-state index contributed by atoms with van der Waals surface area (Å²) in [6.45, 7) is 0.533. The fourth-order valence-electron chi connectivity index (χ4n) is 2.95. The quantitative estimate of drug-likeness (QED) is 0.702. The Morgan fingerprint density at radius 2 is 1.34 bits per heavy atom. The van der Waals surface area contributed by atoms with E-state index in [0.29, 0.717) is 0 Å². The van der Waals surface area contributed by atoms with Gasteiger partial charge in [0.15, 0.2) is 0 Å². The van der Waals surface area contributed by atoms with Gasteiger partial charge >= 0.3 is 5.76 Å². The number of sulfone groups is 1. The van der Waals surface area contributed by atoms with Crippen LogP contribution in [0.2, 0.25) is 0 Å². The summed E-state index contributed by atoms with van der Waals surface area (Å²) in [6, 6.07) is 12.2. The van der Waals surface area contributed by atoms with Crippen molar-refractivity contribution in [1.29, 1.82) is 0 Å². The zero-order valence-corrected chi connectivity index (χ0v) is 16.7. The van der Waals surface area contributed by atoms with Crippen molar-refractivity contribution in [3.05, 3.63) is 60.2 Å². The van der Waals surface area contributed by atoms with Crippen LogP contribution in [0.1, 0.15) is 10.4 Å². The van der Waals surface area contributed by atoms with Gasteiger partial charge < -0.3 is 4.90 Å². The number of hydrogen-bond donors (Lipinski definition) is 0. The molecule has 156 valence electrons. The third-order valence-electron chi connectivity index (χ3n) is 4.57. The molecule has 1 saturated heterocycles. The lowest BCUT2D eigenvalue weighted by atomic mass is 10.2. The van der Waals surface area contributed by atoms with Gasteiger partial charge in [-0.15, -0.1) is 0 Å². The minimum atomic E-state index is -4.73. The van der Waals surface area contributed by atoms with Crippen molar-refractivity contribution >= 4 is 25.8 Å². The fourth-order valence-corrected chi connectivity index (χ4v) is 5.11. The summed E-state index contributed by atoms with van der Waals surface area (Å²) in [4.78, 5) is 13.6. The number of hydrogen-bond acceptors (Lipinski definition) is 5. The van der Waals surface area contributed by atoms with Crippen LogP contribution in [-0.2, 0) is 19.9 Å². The number of rotatable bonds is 5. The van der Waals surface area contributed by atoms with Crippen molar-refractivity contribution in [3.63, 3.8) is 0 Å². The Morgan fingerprint density at radius 3 is 1.86 bits per heavy atom. The van der Waals surface area contributed by atoms with E-state index in [2.05, 4.69) is 0 Å². The van der Waals surface area contributed by atoms with Crippen molar-refractivity contribution in [1.82, 2.24) is 9.21 Å². The van der Waals surface area contributed by atoms with E-state index in [4.69, 9.17) is 0 Å². The Hall–Kier alpha value is -2.37. The van der Waals surface area contributed by atoms with E-state index in [9.17, 15) is 30.4 Å². The Bertz CT molecular complexity index is 1080. The molecule has 3 rings (SSSR count). The minimum absolute atomic E-state index is 0.112. The van der Waals surface area contributed by atoms with Crippen LogP contribution in [0.5, 0.6) is 0 Å². The molecule has 1 amide bonds. The number of carbonyl (C=O) groups is 1. The summed E-state index contributed by atoms with van der Waals surface area (Å²) in [5.74, 6) is -3.97. The molecule has 0 bridgehead atoms. The van der Waals surface area contributed by atoms with Crippen molar-refractivity contribution in [2.45, 2.75) is 15.5 Å². The Balaban J connectivity index is 1.68. The molecule has 0 N–H and O–H groups in total. The van der Waals surface area contributed by atoms with Gasteiger partial charge in [0.2, 0.25) is 19.9 Å². The maximum atomic E-state index is 12.6. The van der Waals surface area contributed by atoms with Gasteiger partial charge in [-0.3, -0.25) is 4.79 Å². The van der Waals surface area contributed by atoms with E-state index < -0.39 is 36.4 Å². The van der Waals surface area contributed by atoms with Gasteiger partial charge in [-0.25, -0.2) is 16.8 Å². The summed E-state index contributed by atoms with van der Waals surface area (Å²) in [5.41, 5.74) is 0.137. The zero-order chi connectivity index (χ0) is 21.2. The summed E-state index contributed by atoms with van der Waals surface area (Å²) in [7, 11) is -8.37. The average Bonchev–Trinajstić information content (AvgIpc) is 2.74. The van der Waals surface area contributed by atoms with E-state index in [1.54, 1.807) is 18.2 Å². The Morgan fingerprint density at radius 1 is 0.793 bits per heavy atom. The molecule has 1 fully saturated rings. The van der Waals surface area contributed by atoms with Gasteiger partial charge in [0.1, 0.15) is 0 Å². The fraction of sp³-hybridized carbons (Fsp3) is 0.278. The molecule has 1 heterocycles. The lowest BCUT2D eigenvalue weighted by molar-refractivity contribution is 0.0698. The van der Waals surface area contributed by atoms with E-state index in [0.717, 1.165) is 12.1 Å². The molecular formula is C18H18F2N2O5S2. The highest BCUT2D eigenvalue weighted by Crippen LogP contribution is 2.21. The second-order valence-electron chi connectivity index (χ2n) is 6.34. The molecule has 0 radical (unpaired) electrons. The topological polar surface area (TPSA) is 91.8 Å². The van der Waals surface area contributed by atoms with Gasteiger partial charge in [0, 0.05) is 31.7 Å². The SMILES string of the molecule is O=C(c1ccc(S(=O)(=O)C(F)F)cc1)N1CCN(S(=O)(=O)c2ccccc2)CC1. The number of alkyl halides is 2. The molecular weight excluding hydrogens is 426 g/mol. The number of nitrogens with zero attached hydrogens (tertiary/aromatic N) is 2. The molecule has 0 unspecified atom stereocenters. The van der Waals surface area contributed by atoms with Crippen LogP contribution in [0, 0.1) is 0 Å². The molecule has 11 heteroatoms. The molecule has 2 aromatic rings. The van der Waals surface area contributed by atoms with Crippen LogP contribution in [0.4, 0.5) is 8.78 Å². The molecule has 0 aromatic heterocycles. The highest BCUT2D eigenvalue weighted by molar-refractivity contribution is 7.91. The predicted molar refractivity (Wildman–Crippen MR) is 101 cm³/mol. The number of sulfonamides is 1. The van der Waals surface area contributed by atoms with Crippen LogP contribution < -0.4 is 0 Å². The summed E-state index contributed by atoms with van der Waals surface area (Å²) < 4.78 is 74.6. The molecule has 7 nitrogen and oxygen atoms in total. The first kappa shape index (κ1) is 21.3. The monoisotopic (exact) mass is 444 g/mol. The van der Waals surface area contributed by atoms with Crippen LogP contribution >= 0.6 is 0 Å². The summed E-state index contributed by atoms with van der Waals surface area (Å²) in [6.07, 6.45) is 0. The average molecular weight is 444 g/mol.